The summed E-state index contributed by atoms with van der Waals surface area (Å²) in [6.45, 7) is 0. The van der Waals surface area contributed by atoms with E-state index in [-0.39, 0.29) is 17.2 Å². The minimum Gasteiger partial charge on any atom is -0.497 e. The number of carbonyl (C=O) groups is 2. The first-order valence-corrected chi connectivity index (χ1v) is 9.17. The first-order chi connectivity index (χ1) is 13.8. The van der Waals surface area contributed by atoms with Gasteiger partial charge >= 0.3 is 0 Å². The molecule has 0 aromatic heterocycles. The Hall–Kier alpha value is -3.67. The zero-order valence-electron chi connectivity index (χ0n) is 14.9. The fourth-order valence-electron chi connectivity index (χ4n) is 2.67. The number of hydrogen-bond acceptors (Lipinski definition) is 8. The highest BCUT2D eigenvalue weighted by Crippen LogP contribution is 2.38. The van der Waals surface area contributed by atoms with Gasteiger partial charge < -0.3 is 4.74 Å². The van der Waals surface area contributed by atoms with Crippen LogP contribution in [0.3, 0.4) is 0 Å². The second-order valence-corrected chi connectivity index (χ2v) is 6.96. The third-order valence-corrected chi connectivity index (χ3v) is 5.29. The van der Waals surface area contributed by atoms with Crippen LogP contribution in [0.1, 0.15) is 21.3 Å². The lowest BCUT2D eigenvalue weighted by atomic mass is 10.1. The van der Waals surface area contributed by atoms with Crippen LogP contribution in [0.25, 0.3) is 0 Å². The quantitative estimate of drug-likeness (QED) is 0.556. The average molecular weight is 418 g/mol. The maximum atomic E-state index is 12.6. The summed E-state index contributed by atoms with van der Waals surface area (Å²) in [5.41, 5.74) is 1.63. The molecule has 2 aromatic rings. The van der Waals surface area contributed by atoms with Crippen LogP contribution in [0.15, 0.2) is 42.5 Å². The van der Waals surface area contributed by atoms with E-state index in [1.807, 2.05) is 0 Å². The molecule has 1 saturated heterocycles. The van der Waals surface area contributed by atoms with E-state index >= 15 is 0 Å². The van der Waals surface area contributed by atoms with Crippen LogP contribution in [0.2, 0.25) is 0 Å². The minimum absolute atomic E-state index is 0.117. The van der Waals surface area contributed by atoms with Crippen molar-refractivity contribution >= 4 is 35.0 Å². The van der Waals surface area contributed by atoms with E-state index in [9.17, 15) is 29.8 Å². The number of nitrogens with one attached hydrogen (secondary N) is 1. The summed E-state index contributed by atoms with van der Waals surface area (Å²) >= 11 is 1.28. The molecule has 11 nitrogen and oxygen atoms in total. The topological polar surface area (TPSA) is 145 Å². The van der Waals surface area contributed by atoms with Crippen LogP contribution in [0.4, 0.5) is 11.4 Å². The predicted octanol–water partition coefficient (Wildman–Crippen LogP) is 2.43. The van der Waals surface area contributed by atoms with E-state index in [1.54, 1.807) is 24.3 Å². The SMILES string of the molecule is COc1ccc(C2SCC(=O)N2NC(=O)c2cc([N+](=O)[O-])cc([N+](=O)[O-])c2)cc1. The van der Waals surface area contributed by atoms with Gasteiger partial charge in [-0.1, -0.05) is 12.1 Å². The molecular weight excluding hydrogens is 404 g/mol. The second-order valence-electron chi connectivity index (χ2n) is 5.89. The average Bonchev–Trinajstić information content (AvgIpc) is 3.07. The van der Waals surface area contributed by atoms with E-state index in [0.717, 1.165) is 28.8 Å². The molecule has 0 aliphatic carbocycles. The third kappa shape index (κ3) is 4.27. The number of amides is 2. The van der Waals surface area contributed by atoms with E-state index in [1.165, 1.54) is 18.9 Å². The van der Waals surface area contributed by atoms with Gasteiger partial charge in [0.1, 0.15) is 11.1 Å². The number of benzene rings is 2. The summed E-state index contributed by atoms with van der Waals surface area (Å²) in [6, 6.07) is 9.49. The van der Waals surface area contributed by atoms with Gasteiger partial charge in [0, 0.05) is 12.1 Å². The Kier molecular flexibility index (Phi) is 5.64. The molecule has 1 heterocycles. The van der Waals surface area contributed by atoms with Crippen LogP contribution in [-0.2, 0) is 4.79 Å². The number of rotatable bonds is 6. The molecule has 1 unspecified atom stereocenters. The van der Waals surface area contributed by atoms with Gasteiger partial charge in [-0.25, -0.2) is 5.01 Å². The smallest absolute Gasteiger partial charge is 0.277 e. The molecule has 0 radical (unpaired) electrons. The molecule has 150 valence electrons. The highest BCUT2D eigenvalue weighted by atomic mass is 32.2. The molecule has 29 heavy (non-hydrogen) atoms. The Balaban J connectivity index is 1.87. The Morgan fingerprint density at radius 3 is 2.24 bits per heavy atom. The van der Waals surface area contributed by atoms with E-state index in [4.69, 9.17) is 4.74 Å². The maximum absolute atomic E-state index is 12.6. The highest BCUT2D eigenvalue weighted by molar-refractivity contribution is 8.00. The lowest BCUT2D eigenvalue weighted by Crippen LogP contribution is -2.44. The molecule has 2 amide bonds. The molecule has 2 aromatic carbocycles. The van der Waals surface area contributed by atoms with E-state index < -0.39 is 32.5 Å². The fourth-order valence-corrected chi connectivity index (χ4v) is 3.78. The Bertz CT molecular complexity index is 964. The molecule has 0 bridgehead atoms. The van der Waals surface area contributed by atoms with Crippen molar-refractivity contribution < 1.29 is 24.2 Å². The van der Waals surface area contributed by atoms with Gasteiger partial charge in [-0.2, -0.15) is 0 Å². The van der Waals surface area contributed by atoms with Crippen LogP contribution >= 0.6 is 11.8 Å². The molecule has 3 rings (SSSR count). The maximum Gasteiger partial charge on any atom is 0.277 e. The number of hydrogen-bond donors (Lipinski definition) is 1. The van der Waals surface area contributed by atoms with Crippen molar-refractivity contribution in [2.45, 2.75) is 5.37 Å². The number of thioether (sulfide) groups is 1. The van der Waals surface area contributed by atoms with E-state index in [2.05, 4.69) is 5.43 Å². The number of ether oxygens (including phenoxy) is 1. The van der Waals surface area contributed by atoms with Crippen molar-refractivity contribution in [3.63, 3.8) is 0 Å². The van der Waals surface area contributed by atoms with Crippen molar-refractivity contribution in [2.24, 2.45) is 0 Å². The zero-order valence-corrected chi connectivity index (χ0v) is 15.8. The van der Waals surface area contributed by atoms with Gasteiger partial charge in [0.2, 0.25) is 0 Å². The Labute approximate surface area is 167 Å². The molecule has 0 spiro atoms. The second kappa shape index (κ2) is 8.14. The summed E-state index contributed by atoms with van der Waals surface area (Å²) in [7, 11) is 1.52. The van der Waals surface area contributed by atoms with Crippen LogP contribution in [0.5, 0.6) is 5.75 Å². The van der Waals surface area contributed by atoms with Crippen molar-refractivity contribution in [3.05, 3.63) is 73.8 Å². The van der Waals surface area contributed by atoms with Crippen molar-refractivity contribution in [1.82, 2.24) is 10.4 Å². The number of hydrazine groups is 1. The zero-order chi connectivity index (χ0) is 21.1. The summed E-state index contributed by atoms with van der Waals surface area (Å²) in [5, 5.41) is 22.6. The molecule has 1 N–H and O–H groups in total. The molecule has 12 heteroatoms. The largest absolute Gasteiger partial charge is 0.497 e. The number of non-ortho nitro benzene ring substituents is 2. The summed E-state index contributed by atoms with van der Waals surface area (Å²) < 4.78 is 5.10. The molecule has 0 saturated carbocycles. The number of methoxy groups -OCH3 is 1. The van der Waals surface area contributed by atoms with Crippen LogP contribution < -0.4 is 10.2 Å². The number of carbonyl (C=O) groups excluding carboxylic acids is 2. The molecule has 1 aliphatic heterocycles. The fraction of sp³-hybridized carbons (Fsp3) is 0.176. The minimum atomic E-state index is -0.869. The molecular formula is C17H14N4O7S. The van der Waals surface area contributed by atoms with Gasteiger partial charge in [0.15, 0.2) is 0 Å². The van der Waals surface area contributed by atoms with Crippen LogP contribution in [-0.4, -0.2) is 39.5 Å². The first kappa shape index (κ1) is 20.1. The summed E-state index contributed by atoms with van der Waals surface area (Å²) in [6.07, 6.45) is 0. The lowest BCUT2D eigenvalue weighted by molar-refractivity contribution is -0.394. The van der Waals surface area contributed by atoms with Gasteiger partial charge in [-0.15, -0.1) is 11.8 Å². The lowest BCUT2D eigenvalue weighted by Gasteiger charge is -2.24. The van der Waals surface area contributed by atoms with Gasteiger partial charge in [-0.05, 0) is 17.7 Å². The highest BCUT2D eigenvalue weighted by Gasteiger charge is 2.35. The standard InChI is InChI=1S/C17H14N4O7S/c1-28-14-4-2-10(3-5-14)17-19(15(22)9-29-17)18-16(23)11-6-12(20(24)25)8-13(7-11)21(26)27/h2-8,17H,9H2,1H3,(H,18,23). The molecule has 1 aliphatic rings. The van der Waals surface area contributed by atoms with Crippen molar-refractivity contribution in [2.75, 3.05) is 12.9 Å². The monoisotopic (exact) mass is 418 g/mol. The van der Waals surface area contributed by atoms with Gasteiger partial charge in [-0.3, -0.25) is 35.2 Å². The van der Waals surface area contributed by atoms with Crippen molar-refractivity contribution in [3.8, 4) is 5.75 Å². The summed E-state index contributed by atoms with van der Waals surface area (Å²) in [5.74, 6) is -0.496. The van der Waals surface area contributed by atoms with Crippen molar-refractivity contribution in [1.29, 1.82) is 0 Å². The van der Waals surface area contributed by atoms with Crippen LogP contribution in [0, 0.1) is 20.2 Å². The predicted molar refractivity (Wildman–Crippen MR) is 102 cm³/mol. The Morgan fingerprint density at radius 1 is 1.14 bits per heavy atom. The third-order valence-electron chi connectivity index (χ3n) is 4.08. The normalized spacial score (nSPS) is 15.8. The summed E-state index contributed by atoms with van der Waals surface area (Å²) in [4.78, 5) is 45.2. The van der Waals surface area contributed by atoms with E-state index in [0.29, 0.717) is 5.75 Å². The number of nitro benzene ring substituents is 2. The number of nitro groups is 2. The number of nitrogens with zero attached hydrogens (tertiary/aromatic N) is 3. The first-order valence-electron chi connectivity index (χ1n) is 8.12. The Morgan fingerprint density at radius 2 is 1.72 bits per heavy atom. The van der Waals surface area contributed by atoms with Gasteiger partial charge in [0.05, 0.1) is 34.3 Å². The molecule has 1 atom stereocenters. The molecule has 1 fully saturated rings. The van der Waals surface area contributed by atoms with Gasteiger partial charge in [0.25, 0.3) is 23.2 Å².